The molecule has 0 spiro atoms. The quantitative estimate of drug-likeness (QED) is 0.0573. The first kappa shape index (κ1) is 46.9. The molecule has 65 heavy (non-hydrogen) atoms. The van der Waals surface area contributed by atoms with Crippen molar-refractivity contribution in [2.24, 2.45) is 28.7 Å². The fourth-order valence-electron chi connectivity index (χ4n) is 9.48. The van der Waals surface area contributed by atoms with Crippen LogP contribution < -0.4 is 16.3 Å². The summed E-state index contributed by atoms with van der Waals surface area (Å²) in [5, 5.41) is 8.13. The van der Waals surface area contributed by atoms with Gasteiger partial charge in [0.15, 0.2) is 5.78 Å². The lowest BCUT2D eigenvalue weighted by molar-refractivity contribution is 0.0509. The number of allylic oxidation sites excluding steroid dienone is 2. The van der Waals surface area contributed by atoms with Crippen molar-refractivity contribution in [2.45, 2.75) is 96.9 Å². The number of fused-ring (bicyclic) bond motifs is 4. The van der Waals surface area contributed by atoms with E-state index < -0.39 is 5.97 Å². The number of nitrogen functional groups attached to an aromatic ring is 1. The maximum atomic E-state index is 12.6. The highest BCUT2D eigenvalue weighted by Gasteiger charge is 2.46. The number of halogens is 2. The molecular formula is C50H52Cl2N8O5. The Balaban J connectivity index is 0.000000164. The van der Waals surface area contributed by atoms with Gasteiger partial charge < -0.3 is 14.9 Å². The van der Waals surface area contributed by atoms with Crippen LogP contribution in [0.3, 0.4) is 0 Å². The number of benzene rings is 2. The standard InChI is InChI=1S/C25H25ClN4O2.C18H21NO3.C7H6ClN3/c1-3-32-25(31)22-13-9-17-20(28-22)12-10-18-23(17)29-30(24(18)15-6-4-5-7-15)16-8-11-21(27-2)19(26)14-16;1-2-22-18(21)16-10-8-14-15(19-16)9-7-13(17(14)20)11-12-5-3-4-6-12;1-10-7-3-2-5(11-9)4-6(7)8/h8-9,11,13-15,18,24H,3-7,10,12H2,1H3;8,10-12H,2-7,9H2,1H3;2-4,11H,9H2/b;13-11+;. The number of nitrogens with one attached hydrogen (secondary N) is 1. The van der Waals surface area contributed by atoms with Crippen molar-refractivity contribution < 1.29 is 23.9 Å². The van der Waals surface area contributed by atoms with Gasteiger partial charge in [-0.25, -0.2) is 29.2 Å². The van der Waals surface area contributed by atoms with Gasteiger partial charge in [0, 0.05) is 32.8 Å². The van der Waals surface area contributed by atoms with Crippen LogP contribution in [0.4, 0.5) is 22.7 Å². The van der Waals surface area contributed by atoms with E-state index in [1.54, 1.807) is 56.3 Å². The van der Waals surface area contributed by atoms with Crippen LogP contribution in [0, 0.1) is 30.9 Å². The van der Waals surface area contributed by atoms with Crippen molar-refractivity contribution in [1.29, 1.82) is 0 Å². The third kappa shape index (κ3) is 10.7. The number of nitrogens with zero attached hydrogens (tertiary/aromatic N) is 6. The smallest absolute Gasteiger partial charge is 0.356 e. The molecule has 3 heterocycles. The van der Waals surface area contributed by atoms with E-state index in [2.05, 4.69) is 36.2 Å². The number of hydrazine groups is 1. The van der Waals surface area contributed by atoms with Gasteiger partial charge in [-0.15, -0.1) is 0 Å². The number of anilines is 2. The number of pyridine rings is 2. The third-order valence-electron chi connectivity index (χ3n) is 12.6. The zero-order chi connectivity index (χ0) is 46.0. The Bertz CT molecular complexity index is 2590. The molecule has 2 aromatic heterocycles. The molecule has 13 nitrogen and oxygen atoms in total. The maximum Gasteiger partial charge on any atom is 0.356 e. The fraction of sp³-hybridized carbons (Fsp3) is 0.400. The minimum Gasteiger partial charge on any atom is -0.461 e. The second-order valence-electron chi connectivity index (χ2n) is 16.6. The number of hydrogen-bond donors (Lipinski definition) is 2. The number of rotatable bonds is 8. The number of carbonyl (C=O) groups excluding carboxylic acids is 3. The Morgan fingerprint density at radius 3 is 1.95 bits per heavy atom. The Morgan fingerprint density at radius 1 is 0.785 bits per heavy atom. The Kier molecular flexibility index (Phi) is 15.6. The molecule has 9 rings (SSSR count). The summed E-state index contributed by atoms with van der Waals surface area (Å²) in [5.41, 5.74) is 10.9. The van der Waals surface area contributed by atoms with Crippen molar-refractivity contribution in [3.8, 4) is 0 Å². The number of hydrazone groups is 1. The lowest BCUT2D eigenvalue weighted by Gasteiger charge is -2.34. The van der Waals surface area contributed by atoms with Crippen LogP contribution in [-0.2, 0) is 22.3 Å². The average Bonchev–Trinajstić information content (AvgIpc) is 4.13. The molecule has 2 aromatic carbocycles. The molecule has 4 aromatic rings. The number of aryl methyl sites for hydroxylation is 2. The van der Waals surface area contributed by atoms with Gasteiger partial charge in [-0.3, -0.25) is 15.6 Å². The van der Waals surface area contributed by atoms with Gasteiger partial charge in [0.1, 0.15) is 11.4 Å². The molecule has 0 amide bonds. The lowest BCUT2D eigenvalue weighted by atomic mass is 9.76. The summed E-state index contributed by atoms with van der Waals surface area (Å²) in [6.45, 7) is 18.2. The fourth-order valence-corrected chi connectivity index (χ4v) is 9.92. The topological polar surface area (TPSA) is 158 Å². The number of carbonyl (C=O) groups is 3. The predicted octanol–water partition coefficient (Wildman–Crippen LogP) is 11.5. The molecule has 2 atom stereocenters. The van der Waals surface area contributed by atoms with Gasteiger partial charge in [0.2, 0.25) is 11.4 Å². The molecule has 2 saturated carbocycles. The molecule has 1 aliphatic heterocycles. The van der Waals surface area contributed by atoms with Crippen molar-refractivity contribution in [2.75, 3.05) is 23.6 Å². The van der Waals surface area contributed by atoms with Crippen molar-refractivity contribution in [3.63, 3.8) is 0 Å². The van der Waals surface area contributed by atoms with Crippen LogP contribution in [0.25, 0.3) is 9.69 Å². The van der Waals surface area contributed by atoms with E-state index in [0.29, 0.717) is 75.8 Å². The molecule has 3 N–H and O–H groups in total. The summed E-state index contributed by atoms with van der Waals surface area (Å²) in [4.78, 5) is 52.1. The second kappa shape index (κ2) is 21.7. The van der Waals surface area contributed by atoms with Crippen molar-refractivity contribution in [1.82, 2.24) is 9.97 Å². The van der Waals surface area contributed by atoms with Gasteiger partial charge in [-0.05, 0) is 131 Å². The summed E-state index contributed by atoms with van der Waals surface area (Å²) in [5.74, 6) is 5.85. The highest BCUT2D eigenvalue weighted by Crippen LogP contribution is 2.45. The molecule has 0 saturated heterocycles. The predicted molar refractivity (Wildman–Crippen MR) is 253 cm³/mol. The van der Waals surface area contributed by atoms with Crippen molar-refractivity contribution >= 4 is 69.4 Å². The Hall–Kier alpha value is -6.12. The SMILES string of the molecule is CCOC(=O)c1ccc2c(n1)CC/C(=C\C1CCCC1)C2=O.[C-]#[N+]c1ccc(N2N=C3c4ccc(C(=O)OCC)nc4CCC3C2C2CCCC2)cc1Cl.[C-]#[N+]c1ccc(NN)cc1Cl. The van der Waals surface area contributed by atoms with Gasteiger partial charge in [0.05, 0.1) is 55.2 Å². The van der Waals surface area contributed by atoms with E-state index >= 15 is 0 Å². The van der Waals surface area contributed by atoms with Gasteiger partial charge >= 0.3 is 11.9 Å². The van der Waals surface area contributed by atoms with E-state index in [1.807, 2.05) is 18.2 Å². The van der Waals surface area contributed by atoms with E-state index in [-0.39, 0.29) is 23.5 Å². The molecular weight excluding hydrogens is 864 g/mol. The monoisotopic (exact) mass is 914 g/mol. The van der Waals surface area contributed by atoms with Gasteiger partial charge in [-0.2, -0.15) is 5.10 Å². The Morgan fingerprint density at radius 2 is 1.37 bits per heavy atom. The van der Waals surface area contributed by atoms with E-state index in [4.69, 9.17) is 56.8 Å². The molecule has 0 radical (unpaired) electrons. The average molecular weight is 916 g/mol. The minimum atomic E-state index is -0.426. The molecule has 2 unspecified atom stereocenters. The minimum absolute atomic E-state index is 0.0797. The van der Waals surface area contributed by atoms with Gasteiger partial charge in [0.25, 0.3) is 0 Å². The molecule has 15 heteroatoms. The Labute approximate surface area is 390 Å². The molecule has 2 fully saturated rings. The third-order valence-corrected chi connectivity index (χ3v) is 13.2. The first-order valence-electron chi connectivity index (χ1n) is 22.3. The summed E-state index contributed by atoms with van der Waals surface area (Å²) < 4.78 is 10.1. The number of hydrogen-bond acceptors (Lipinski definition) is 11. The van der Waals surface area contributed by atoms with Crippen molar-refractivity contribution in [3.05, 3.63) is 139 Å². The van der Waals surface area contributed by atoms with Crippen LogP contribution in [0.15, 0.2) is 77.4 Å². The number of ether oxygens (including phenoxy) is 2. The highest BCUT2D eigenvalue weighted by molar-refractivity contribution is 6.34. The van der Waals surface area contributed by atoms with Crippen LogP contribution in [0.5, 0.6) is 0 Å². The second-order valence-corrected chi connectivity index (χ2v) is 17.4. The number of Topliss-reactive ketones (excluding diaryl/α,β-unsaturated/α-hetero) is 1. The van der Waals surface area contributed by atoms with Crippen LogP contribution in [0.1, 0.15) is 126 Å². The molecule has 336 valence electrons. The molecule has 5 aliphatic rings. The lowest BCUT2D eigenvalue weighted by Crippen LogP contribution is -2.40. The number of aromatic nitrogens is 2. The molecule has 0 bridgehead atoms. The maximum absolute atomic E-state index is 12.6. The first-order chi connectivity index (χ1) is 31.6. The summed E-state index contributed by atoms with van der Waals surface area (Å²) in [7, 11) is 0. The van der Waals surface area contributed by atoms with Crippen LogP contribution in [-0.4, -0.2) is 52.7 Å². The largest absolute Gasteiger partial charge is 0.461 e. The summed E-state index contributed by atoms with van der Waals surface area (Å²) in [6, 6.07) is 17.8. The summed E-state index contributed by atoms with van der Waals surface area (Å²) in [6.07, 6.45) is 15.3. The van der Waals surface area contributed by atoms with E-state index in [1.165, 1.54) is 51.4 Å². The normalized spacial score (nSPS) is 19.2. The number of nitrogens with two attached hydrogens (primary N) is 1. The van der Waals surface area contributed by atoms with E-state index in [9.17, 15) is 14.4 Å². The number of ketones is 1. The zero-order valence-corrected chi connectivity index (χ0v) is 38.1. The molecule has 4 aliphatic carbocycles. The van der Waals surface area contributed by atoms with Gasteiger partial charge in [-0.1, -0.05) is 67.1 Å². The first-order valence-corrected chi connectivity index (χ1v) is 23.1. The van der Waals surface area contributed by atoms with Crippen LogP contribution in [0.2, 0.25) is 10.0 Å². The highest BCUT2D eigenvalue weighted by atomic mass is 35.5. The zero-order valence-electron chi connectivity index (χ0n) is 36.6. The number of esters is 2. The van der Waals surface area contributed by atoms with E-state index in [0.717, 1.165) is 53.2 Å². The summed E-state index contributed by atoms with van der Waals surface area (Å²) >= 11 is 12.1. The van der Waals surface area contributed by atoms with Crippen LogP contribution >= 0.6 is 23.2 Å².